The van der Waals surface area contributed by atoms with E-state index in [1.165, 1.54) is 14.2 Å². The summed E-state index contributed by atoms with van der Waals surface area (Å²) in [6.45, 7) is 1.82. The fraction of sp³-hybridized carbons (Fsp3) is 0.375. The number of ether oxygens (including phenoxy) is 2. The molecule has 2 aromatic carbocycles. The number of fused-ring (bicyclic) bond motifs is 4. The van der Waals surface area contributed by atoms with Gasteiger partial charge < -0.3 is 14.6 Å². The minimum atomic E-state index is -1.92. The standard InChI is InChI=1S/C32H28BrCl3N2O7/c1-15-4-6-17(12-22(15)34)38-27(40)19-8-7-18-20(25(19)28(38)41)13-31(35)29(42)37(14-33)30(43)32(31,36)21(18)9-5-16-10-23(44-2)26(39)24(11-16)45-3/h4-7,9-12,19-21,25,39H,8,13-14H2,1-3H3/t19-,20+,21-,25-,31+,32-/m0/s1. The second-order valence-corrected chi connectivity index (χ2v) is 13.8. The molecule has 4 aliphatic rings. The van der Waals surface area contributed by atoms with Crippen LogP contribution in [-0.2, 0) is 19.2 Å². The van der Waals surface area contributed by atoms with Gasteiger partial charge in [0.05, 0.1) is 37.2 Å². The van der Waals surface area contributed by atoms with Gasteiger partial charge in [-0.15, -0.1) is 23.2 Å². The van der Waals surface area contributed by atoms with Crippen LogP contribution in [0.15, 0.2) is 48.1 Å². The topological polar surface area (TPSA) is 113 Å². The molecular formula is C32H28BrCl3N2O7. The Balaban J connectivity index is 1.47. The number of methoxy groups -OCH3 is 2. The van der Waals surface area contributed by atoms with Crippen molar-refractivity contribution in [3.05, 3.63) is 64.2 Å². The number of halogens is 4. The Bertz CT molecular complexity index is 1710. The van der Waals surface area contributed by atoms with Gasteiger partial charge in [-0.1, -0.05) is 57.4 Å². The van der Waals surface area contributed by atoms with E-state index < -0.39 is 51.1 Å². The number of benzene rings is 2. The number of likely N-dealkylation sites (tertiary alicyclic amines) is 1. The number of nitrogens with zero attached hydrogens (tertiary/aromatic N) is 2. The summed E-state index contributed by atoms with van der Waals surface area (Å²) >= 11 is 24.0. The van der Waals surface area contributed by atoms with Crippen molar-refractivity contribution < 1.29 is 33.8 Å². The molecule has 2 heterocycles. The summed E-state index contributed by atoms with van der Waals surface area (Å²) in [6.07, 6.45) is 5.31. The van der Waals surface area contributed by atoms with Crippen LogP contribution in [-0.4, -0.2) is 63.1 Å². The molecule has 3 fully saturated rings. The number of alkyl halides is 3. The molecular weight excluding hydrogens is 711 g/mol. The van der Waals surface area contributed by atoms with Gasteiger partial charge in [0, 0.05) is 10.9 Å². The summed E-state index contributed by atoms with van der Waals surface area (Å²) in [5.41, 5.74) is 2.24. The number of carbonyl (C=O) groups excluding carboxylic acids is 4. The van der Waals surface area contributed by atoms with Crippen molar-refractivity contribution in [3.8, 4) is 17.2 Å². The normalized spacial score (nSPS) is 30.9. The van der Waals surface area contributed by atoms with E-state index in [1.54, 1.807) is 42.5 Å². The van der Waals surface area contributed by atoms with Crippen LogP contribution in [0.1, 0.15) is 24.0 Å². The molecule has 0 spiro atoms. The lowest BCUT2D eigenvalue weighted by Gasteiger charge is -2.49. The summed E-state index contributed by atoms with van der Waals surface area (Å²) in [7, 11) is 2.80. The fourth-order valence-electron chi connectivity index (χ4n) is 7.19. The molecule has 1 N–H and O–H groups in total. The van der Waals surface area contributed by atoms with E-state index in [0.29, 0.717) is 21.8 Å². The molecule has 2 aliphatic heterocycles. The van der Waals surface area contributed by atoms with Gasteiger partial charge in [0.15, 0.2) is 21.2 Å². The lowest BCUT2D eigenvalue weighted by Crippen LogP contribution is -2.60. The first-order chi connectivity index (χ1) is 21.3. The van der Waals surface area contributed by atoms with Crippen LogP contribution in [0.25, 0.3) is 6.08 Å². The summed E-state index contributed by atoms with van der Waals surface area (Å²) in [6, 6.07) is 8.15. The molecule has 13 heteroatoms. The molecule has 6 atom stereocenters. The van der Waals surface area contributed by atoms with E-state index in [9.17, 15) is 24.3 Å². The van der Waals surface area contributed by atoms with Crippen molar-refractivity contribution in [3.63, 3.8) is 0 Å². The highest BCUT2D eigenvalue weighted by Gasteiger charge is 2.75. The SMILES string of the molecule is COc1cc(C=C[C@H]2C3=CC[C@@H]4C(=O)N(c5ccc(C)c(Cl)c5)C(=O)[C@@H]4[C@@H]3C[C@@]3(Cl)C(=O)N(CBr)C(=O)[C@@]23Cl)cc(OC)c1O. The third-order valence-electron chi connectivity index (χ3n) is 9.47. The van der Waals surface area contributed by atoms with Crippen LogP contribution < -0.4 is 14.4 Å². The molecule has 2 aromatic rings. The fourth-order valence-corrected chi connectivity index (χ4v) is 8.75. The van der Waals surface area contributed by atoms with E-state index in [2.05, 4.69) is 15.9 Å². The molecule has 236 valence electrons. The third kappa shape index (κ3) is 4.47. The maximum Gasteiger partial charge on any atom is 0.254 e. The molecule has 4 amide bonds. The Labute approximate surface area is 282 Å². The van der Waals surface area contributed by atoms with Crippen LogP contribution in [0.2, 0.25) is 5.02 Å². The molecule has 6 rings (SSSR count). The van der Waals surface area contributed by atoms with E-state index in [1.807, 2.05) is 13.0 Å². The Kier molecular flexibility index (Phi) is 8.04. The lowest BCUT2D eigenvalue weighted by molar-refractivity contribution is -0.138. The van der Waals surface area contributed by atoms with Crippen molar-refractivity contribution in [2.24, 2.45) is 23.7 Å². The van der Waals surface area contributed by atoms with Gasteiger partial charge in [-0.2, -0.15) is 0 Å². The zero-order chi connectivity index (χ0) is 32.6. The summed E-state index contributed by atoms with van der Waals surface area (Å²) in [4.78, 5) is 53.8. The highest BCUT2D eigenvalue weighted by molar-refractivity contribution is 9.09. The number of allylic oxidation sites excluding steroid dienone is 3. The van der Waals surface area contributed by atoms with Crippen molar-refractivity contribution in [2.45, 2.75) is 29.5 Å². The van der Waals surface area contributed by atoms with E-state index in [0.717, 1.165) is 15.4 Å². The molecule has 1 saturated carbocycles. The quantitative estimate of drug-likeness (QED) is 0.172. The second-order valence-electron chi connectivity index (χ2n) is 11.6. The van der Waals surface area contributed by atoms with Crippen LogP contribution >= 0.6 is 50.7 Å². The van der Waals surface area contributed by atoms with Gasteiger partial charge in [-0.05, 0) is 61.1 Å². The zero-order valence-corrected chi connectivity index (χ0v) is 28.2. The van der Waals surface area contributed by atoms with E-state index >= 15 is 0 Å². The minimum Gasteiger partial charge on any atom is -0.502 e. The summed E-state index contributed by atoms with van der Waals surface area (Å²) in [5.74, 6) is -5.12. The van der Waals surface area contributed by atoms with E-state index in [4.69, 9.17) is 44.3 Å². The molecule has 9 nitrogen and oxygen atoms in total. The maximum atomic E-state index is 14.1. The van der Waals surface area contributed by atoms with Crippen LogP contribution in [0.4, 0.5) is 5.69 Å². The smallest absolute Gasteiger partial charge is 0.254 e. The Morgan fingerprint density at radius 2 is 1.69 bits per heavy atom. The third-order valence-corrected chi connectivity index (χ3v) is 11.8. The number of aromatic hydroxyl groups is 1. The first kappa shape index (κ1) is 31.9. The van der Waals surface area contributed by atoms with Gasteiger partial charge in [0.2, 0.25) is 17.6 Å². The van der Waals surface area contributed by atoms with Gasteiger partial charge in [-0.3, -0.25) is 24.1 Å². The van der Waals surface area contributed by atoms with Gasteiger partial charge in [0.1, 0.15) is 0 Å². The lowest BCUT2D eigenvalue weighted by atomic mass is 9.57. The predicted octanol–water partition coefficient (Wildman–Crippen LogP) is 5.83. The van der Waals surface area contributed by atoms with Crippen molar-refractivity contribution >= 4 is 86.1 Å². The number of amides is 4. The number of hydrogen-bond acceptors (Lipinski definition) is 7. The van der Waals surface area contributed by atoms with Crippen molar-refractivity contribution in [1.29, 1.82) is 0 Å². The largest absolute Gasteiger partial charge is 0.502 e. The molecule has 2 saturated heterocycles. The number of carbonyl (C=O) groups is 4. The van der Waals surface area contributed by atoms with E-state index in [-0.39, 0.29) is 41.5 Å². The van der Waals surface area contributed by atoms with Crippen LogP contribution in [0, 0.1) is 30.6 Å². The Hall–Kier alpha value is -3.05. The Morgan fingerprint density at radius 3 is 2.29 bits per heavy atom. The number of anilines is 1. The number of phenols is 1. The molecule has 0 unspecified atom stereocenters. The predicted molar refractivity (Wildman–Crippen MR) is 173 cm³/mol. The van der Waals surface area contributed by atoms with Gasteiger partial charge in [0.25, 0.3) is 11.8 Å². The number of rotatable bonds is 6. The summed E-state index contributed by atoms with van der Waals surface area (Å²) in [5, 5.41) is 10.8. The average Bonchev–Trinajstić information content (AvgIpc) is 3.36. The Morgan fingerprint density at radius 1 is 1.02 bits per heavy atom. The molecule has 0 radical (unpaired) electrons. The van der Waals surface area contributed by atoms with Crippen LogP contribution in [0.5, 0.6) is 17.2 Å². The number of imide groups is 2. The highest BCUT2D eigenvalue weighted by Crippen LogP contribution is 2.63. The maximum absolute atomic E-state index is 14.1. The monoisotopic (exact) mass is 736 g/mol. The average molecular weight is 739 g/mol. The zero-order valence-electron chi connectivity index (χ0n) is 24.4. The van der Waals surface area contributed by atoms with Crippen LogP contribution in [0.3, 0.4) is 0 Å². The van der Waals surface area contributed by atoms with Crippen molar-refractivity contribution in [2.75, 3.05) is 24.6 Å². The van der Waals surface area contributed by atoms with Gasteiger partial charge >= 0.3 is 0 Å². The summed E-state index contributed by atoms with van der Waals surface area (Å²) < 4.78 is 10.6. The highest BCUT2D eigenvalue weighted by atomic mass is 79.9. The molecule has 0 bridgehead atoms. The second kappa shape index (κ2) is 11.3. The number of aryl methyl sites for hydroxylation is 1. The first-order valence-electron chi connectivity index (χ1n) is 14.1. The molecule has 2 aliphatic carbocycles. The number of hydrogen-bond donors (Lipinski definition) is 1. The molecule has 45 heavy (non-hydrogen) atoms. The first-order valence-corrected chi connectivity index (χ1v) is 16.4. The molecule has 0 aromatic heterocycles. The van der Waals surface area contributed by atoms with Crippen molar-refractivity contribution in [1.82, 2.24) is 4.90 Å². The minimum absolute atomic E-state index is 0.119. The number of phenolic OH excluding ortho intramolecular Hbond substituents is 1. The van der Waals surface area contributed by atoms with Gasteiger partial charge in [-0.25, -0.2) is 4.90 Å².